The summed E-state index contributed by atoms with van der Waals surface area (Å²) in [6, 6.07) is 7.78. The van der Waals surface area contributed by atoms with Crippen LogP contribution >= 0.6 is 0 Å². The zero-order chi connectivity index (χ0) is 15.7. The van der Waals surface area contributed by atoms with E-state index in [2.05, 4.69) is 10.3 Å². The second-order valence-electron chi connectivity index (χ2n) is 6.74. The summed E-state index contributed by atoms with van der Waals surface area (Å²) < 4.78 is 1.94. The minimum absolute atomic E-state index is 0.156. The van der Waals surface area contributed by atoms with Gasteiger partial charge in [0.25, 0.3) is 5.91 Å². The molecule has 2 saturated heterocycles. The number of amides is 1. The number of benzene rings is 1. The Balaban J connectivity index is 1.43. The van der Waals surface area contributed by atoms with Crippen molar-refractivity contribution in [1.82, 2.24) is 19.8 Å². The smallest absolute Gasteiger partial charge is 0.253 e. The summed E-state index contributed by atoms with van der Waals surface area (Å²) in [5.41, 5.74) is 2.24. The van der Waals surface area contributed by atoms with Crippen LogP contribution in [0.3, 0.4) is 0 Å². The van der Waals surface area contributed by atoms with E-state index in [0.717, 1.165) is 50.3 Å². The van der Waals surface area contributed by atoms with Crippen LogP contribution in [0.25, 0.3) is 5.69 Å². The van der Waals surface area contributed by atoms with Crippen molar-refractivity contribution in [3.8, 4) is 5.69 Å². The number of hydrogen-bond acceptors (Lipinski definition) is 3. The minimum atomic E-state index is 0.156. The average Bonchev–Trinajstić information content (AvgIpc) is 3.28. The zero-order valence-corrected chi connectivity index (χ0v) is 13.2. The summed E-state index contributed by atoms with van der Waals surface area (Å²) in [6.07, 6.45) is 8.92. The van der Waals surface area contributed by atoms with Gasteiger partial charge in [0.2, 0.25) is 0 Å². The molecular weight excluding hydrogens is 288 g/mol. The molecule has 0 atom stereocenters. The van der Waals surface area contributed by atoms with Gasteiger partial charge in [0.15, 0.2) is 0 Å². The van der Waals surface area contributed by atoms with Crippen molar-refractivity contribution in [3.05, 3.63) is 48.5 Å². The quantitative estimate of drug-likeness (QED) is 0.924. The molecule has 0 bridgehead atoms. The van der Waals surface area contributed by atoms with Crippen molar-refractivity contribution in [3.63, 3.8) is 0 Å². The van der Waals surface area contributed by atoms with Crippen LogP contribution in [0.5, 0.6) is 0 Å². The van der Waals surface area contributed by atoms with E-state index in [1.165, 1.54) is 6.42 Å². The van der Waals surface area contributed by atoms with Crippen LogP contribution < -0.4 is 5.32 Å². The van der Waals surface area contributed by atoms with Gasteiger partial charge in [0.1, 0.15) is 0 Å². The third-order valence-electron chi connectivity index (χ3n) is 5.36. The first-order valence-electron chi connectivity index (χ1n) is 8.34. The lowest BCUT2D eigenvalue weighted by molar-refractivity contribution is 0.0607. The molecule has 2 fully saturated rings. The highest BCUT2D eigenvalue weighted by Crippen LogP contribution is 2.37. The van der Waals surface area contributed by atoms with Gasteiger partial charge in [-0.3, -0.25) is 4.79 Å². The van der Waals surface area contributed by atoms with E-state index < -0.39 is 0 Å². The molecule has 1 spiro atoms. The van der Waals surface area contributed by atoms with E-state index in [1.54, 1.807) is 12.5 Å². The molecule has 3 heterocycles. The Morgan fingerprint density at radius 1 is 1.13 bits per heavy atom. The van der Waals surface area contributed by atoms with Crippen LogP contribution in [0.2, 0.25) is 0 Å². The van der Waals surface area contributed by atoms with Gasteiger partial charge >= 0.3 is 0 Å². The molecule has 4 rings (SSSR count). The van der Waals surface area contributed by atoms with Gasteiger partial charge in [0, 0.05) is 43.3 Å². The number of piperidine rings is 1. The highest BCUT2D eigenvalue weighted by atomic mass is 16.2. The summed E-state index contributed by atoms with van der Waals surface area (Å²) in [5, 5.41) is 3.47. The first kappa shape index (κ1) is 14.5. The van der Waals surface area contributed by atoms with Crippen LogP contribution in [0.4, 0.5) is 0 Å². The van der Waals surface area contributed by atoms with Crippen LogP contribution in [-0.4, -0.2) is 46.5 Å². The molecule has 0 saturated carbocycles. The lowest BCUT2D eigenvalue weighted by Gasteiger charge is -2.38. The molecule has 2 aromatic rings. The van der Waals surface area contributed by atoms with Crippen LogP contribution in [-0.2, 0) is 0 Å². The number of aromatic nitrogens is 2. The first-order valence-corrected chi connectivity index (χ1v) is 8.34. The van der Waals surface area contributed by atoms with Crippen LogP contribution in [0.15, 0.2) is 43.0 Å². The van der Waals surface area contributed by atoms with Gasteiger partial charge in [0.05, 0.1) is 6.33 Å². The van der Waals surface area contributed by atoms with Crippen LogP contribution in [0, 0.1) is 5.41 Å². The summed E-state index contributed by atoms with van der Waals surface area (Å²) >= 11 is 0. The standard InChI is InChI=1S/C18H22N4O/c23-17(21-10-6-18(7-11-21)5-8-19-13-18)15-1-3-16(4-2-15)22-12-9-20-14-22/h1-4,9,12,14,19H,5-8,10-11,13H2. The molecule has 23 heavy (non-hydrogen) atoms. The Labute approximate surface area is 136 Å². The topological polar surface area (TPSA) is 50.2 Å². The fraction of sp³-hybridized carbons (Fsp3) is 0.444. The highest BCUT2D eigenvalue weighted by Gasteiger charge is 2.38. The van der Waals surface area contributed by atoms with Gasteiger partial charge in [-0.15, -0.1) is 0 Å². The maximum Gasteiger partial charge on any atom is 0.253 e. The van der Waals surface area contributed by atoms with Crippen molar-refractivity contribution in [2.24, 2.45) is 5.41 Å². The molecule has 120 valence electrons. The van der Waals surface area contributed by atoms with Gasteiger partial charge in [-0.1, -0.05) is 0 Å². The van der Waals surface area contributed by atoms with E-state index in [1.807, 2.05) is 39.9 Å². The number of nitrogens with one attached hydrogen (secondary N) is 1. The molecule has 5 nitrogen and oxygen atoms in total. The molecule has 0 radical (unpaired) electrons. The van der Waals surface area contributed by atoms with Crippen molar-refractivity contribution in [1.29, 1.82) is 0 Å². The highest BCUT2D eigenvalue weighted by molar-refractivity contribution is 5.94. The van der Waals surface area contributed by atoms with Gasteiger partial charge in [-0.2, -0.15) is 0 Å². The molecule has 1 aromatic carbocycles. The molecule has 0 unspecified atom stereocenters. The molecule has 1 N–H and O–H groups in total. The Hall–Kier alpha value is -2.14. The third-order valence-corrected chi connectivity index (χ3v) is 5.36. The number of likely N-dealkylation sites (tertiary alicyclic amines) is 1. The fourth-order valence-electron chi connectivity index (χ4n) is 3.78. The number of imidazole rings is 1. The lowest BCUT2D eigenvalue weighted by atomic mass is 9.78. The summed E-state index contributed by atoms with van der Waals surface area (Å²) in [5.74, 6) is 0.156. The van der Waals surface area contributed by atoms with E-state index >= 15 is 0 Å². The van der Waals surface area contributed by atoms with Crippen molar-refractivity contribution in [2.45, 2.75) is 19.3 Å². The van der Waals surface area contributed by atoms with E-state index in [0.29, 0.717) is 5.41 Å². The molecule has 5 heteroatoms. The molecule has 1 amide bonds. The van der Waals surface area contributed by atoms with Crippen molar-refractivity contribution in [2.75, 3.05) is 26.2 Å². The zero-order valence-electron chi connectivity index (χ0n) is 13.2. The van der Waals surface area contributed by atoms with Gasteiger partial charge in [-0.25, -0.2) is 4.98 Å². The van der Waals surface area contributed by atoms with Crippen LogP contribution in [0.1, 0.15) is 29.6 Å². The summed E-state index contributed by atoms with van der Waals surface area (Å²) in [7, 11) is 0. The van der Waals surface area contributed by atoms with Gasteiger partial charge < -0.3 is 14.8 Å². The van der Waals surface area contributed by atoms with E-state index in [-0.39, 0.29) is 5.91 Å². The normalized spacial score (nSPS) is 20.1. The Morgan fingerprint density at radius 2 is 1.91 bits per heavy atom. The maximum absolute atomic E-state index is 12.7. The predicted octanol–water partition coefficient (Wildman–Crippen LogP) is 2.09. The second-order valence-corrected chi connectivity index (χ2v) is 6.74. The number of carbonyl (C=O) groups is 1. The average molecular weight is 310 g/mol. The summed E-state index contributed by atoms with van der Waals surface area (Å²) in [4.78, 5) is 18.7. The second kappa shape index (κ2) is 5.81. The maximum atomic E-state index is 12.7. The molecule has 2 aliphatic rings. The molecular formula is C18H22N4O. The summed E-state index contributed by atoms with van der Waals surface area (Å²) in [6.45, 7) is 4.01. The molecule has 2 aliphatic heterocycles. The molecule has 0 aliphatic carbocycles. The number of nitrogens with zero attached hydrogens (tertiary/aromatic N) is 3. The first-order chi connectivity index (χ1) is 11.3. The third kappa shape index (κ3) is 2.77. The van der Waals surface area contributed by atoms with Crippen molar-refractivity contribution >= 4 is 5.91 Å². The Bertz CT molecular complexity index is 662. The van der Waals surface area contributed by atoms with E-state index in [9.17, 15) is 4.79 Å². The van der Waals surface area contributed by atoms with E-state index in [4.69, 9.17) is 0 Å². The number of rotatable bonds is 2. The monoisotopic (exact) mass is 310 g/mol. The molecule has 1 aromatic heterocycles. The van der Waals surface area contributed by atoms with Gasteiger partial charge in [-0.05, 0) is 55.5 Å². The van der Waals surface area contributed by atoms with Crippen molar-refractivity contribution < 1.29 is 4.79 Å². The number of carbonyl (C=O) groups excluding carboxylic acids is 1. The minimum Gasteiger partial charge on any atom is -0.339 e. The lowest BCUT2D eigenvalue weighted by Crippen LogP contribution is -2.44. The predicted molar refractivity (Wildman–Crippen MR) is 88.6 cm³/mol. The largest absolute Gasteiger partial charge is 0.339 e. The number of hydrogen-bond donors (Lipinski definition) is 1. The Kier molecular flexibility index (Phi) is 3.65. The fourth-order valence-corrected chi connectivity index (χ4v) is 3.78. The Morgan fingerprint density at radius 3 is 2.52 bits per heavy atom. The SMILES string of the molecule is O=C(c1ccc(-n2ccnc2)cc1)N1CCC2(CCNC2)CC1.